The Hall–Kier alpha value is 0.470. The summed E-state index contributed by atoms with van der Waals surface area (Å²) in [5, 5.41) is 0. The van der Waals surface area contributed by atoms with Crippen LogP contribution in [0.25, 0.3) is 0 Å². The Morgan fingerprint density at radius 3 is 2.25 bits per heavy atom. The molecule has 0 nitrogen and oxygen atoms in total. The second kappa shape index (κ2) is 7.03. The predicted molar refractivity (Wildman–Crippen MR) is 84.2 cm³/mol. The molecule has 1 saturated carbocycles. The molecule has 0 amide bonds. The van der Waals surface area contributed by atoms with E-state index in [1.165, 1.54) is 38.3 Å². The van der Waals surface area contributed by atoms with Crippen molar-refractivity contribution in [2.24, 2.45) is 0 Å². The van der Waals surface area contributed by atoms with Crippen molar-refractivity contribution in [1.29, 1.82) is 0 Å². The van der Waals surface area contributed by atoms with E-state index in [1.54, 1.807) is 0 Å². The maximum Gasteiger partial charge on any atom is -0.0107 e. The normalized spacial score (nSPS) is 21.2. The summed E-state index contributed by atoms with van der Waals surface area (Å²) in [4.78, 5) is 0. The fourth-order valence-electron chi connectivity index (χ4n) is 2.38. The van der Waals surface area contributed by atoms with Crippen LogP contribution in [0.1, 0.15) is 39.0 Å². The number of hydrogen-bond acceptors (Lipinski definition) is 0. The zero-order valence-electron chi connectivity index (χ0n) is 11.4. The lowest BCUT2D eigenvalue weighted by Gasteiger charge is -2.30. The van der Waals surface area contributed by atoms with Gasteiger partial charge in [0.1, 0.15) is 0 Å². The van der Waals surface area contributed by atoms with Crippen LogP contribution >= 0.6 is 14.8 Å². The predicted octanol–water partition coefficient (Wildman–Crippen LogP) is 5.04. The number of hydrogen-bond donors (Lipinski definition) is 0. The van der Waals surface area contributed by atoms with Gasteiger partial charge >= 0.3 is 0 Å². The second-order valence-corrected chi connectivity index (χ2v) is 13.1. The smallest absolute Gasteiger partial charge is 0.0107 e. The molecule has 1 fully saturated rings. The highest BCUT2D eigenvalue weighted by molar-refractivity contribution is 7.92. The molecule has 16 heavy (non-hydrogen) atoms. The van der Waals surface area contributed by atoms with Crippen LogP contribution in [0.5, 0.6) is 0 Å². The molecule has 0 aromatic heterocycles. The Kier molecular flexibility index (Phi) is 6.38. The largest absolute Gasteiger partial charge is 0.113 e. The van der Waals surface area contributed by atoms with Gasteiger partial charge in [-0.3, -0.25) is 0 Å². The van der Waals surface area contributed by atoms with E-state index in [9.17, 15) is 0 Å². The summed E-state index contributed by atoms with van der Waals surface area (Å²) in [7, 11) is 0.165. The van der Waals surface area contributed by atoms with Gasteiger partial charge in [0.2, 0.25) is 0 Å². The Bertz CT molecular complexity index is 258. The van der Waals surface area contributed by atoms with E-state index in [0.29, 0.717) is 0 Å². The van der Waals surface area contributed by atoms with E-state index >= 15 is 0 Å². The van der Waals surface area contributed by atoms with E-state index in [2.05, 4.69) is 44.6 Å². The van der Waals surface area contributed by atoms with Crippen LogP contribution in [0, 0.1) is 0 Å². The van der Waals surface area contributed by atoms with E-state index < -0.39 is 6.89 Å². The fourth-order valence-corrected chi connectivity index (χ4v) is 8.85. The van der Waals surface area contributed by atoms with E-state index in [-0.39, 0.29) is 7.92 Å². The van der Waals surface area contributed by atoms with Gasteiger partial charge in [-0.05, 0) is 51.6 Å². The lowest BCUT2D eigenvalue weighted by molar-refractivity contribution is 0.512. The minimum absolute atomic E-state index is 0.165. The van der Waals surface area contributed by atoms with Crippen molar-refractivity contribution in [3.63, 3.8) is 0 Å². The molecule has 0 aliphatic heterocycles. The lowest BCUT2D eigenvalue weighted by atomic mass is 10.0. The van der Waals surface area contributed by atoms with Gasteiger partial charge < -0.3 is 0 Å². The van der Waals surface area contributed by atoms with Gasteiger partial charge in [-0.1, -0.05) is 44.9 Å². The average Bonchev–Trinajstić information content (AvgIpc) is 2.24. The third-order valence-corrected chi connectivity index (χ3v) is 9.14. The second-order valence-electron chi connectivity index (χ2n) is 5.79. The summed E-state index contributed by atoms with van der Waals surface area (Å²) in [6, 6.07) is 0. The first-order valence-corrected chi connectivity index (χ1v) is 11.4. The van der Waals surface area contributed by atoms with Crippen molar-refractivity contribution in [2.45, 2.75) is 44.7 Å². The van der Waals surface area contributed by atoms with Crippen LogP contribution in [0.15, 0.2) is 12.2 Å². The molecule has 1 aliphatic carbocycles. The fraction of sp³-hybridized carbons (Fsp3) is 0.786. The van der Waals surface area contributed by atoms with E-state index in [1.807, 2.05) is 0 Å². The van der Waals surface area contributed by atoms with Gasteiger partial charge in [0, 0.05) is 0 Å². The highest BCUT2D eigenvalue weighted by Gasteiger charge is 2.21. The summed E-state index contributed by atoms with van der Waals surface area (Å²) in [5.41, 5.74) is 3.82. The quantitative estimate of drug-likeness (QED) is 0.489. The first-order valence-electron chi connectivity index (χ1n) is 6.57. The van der Waals surface area contributed by atoms with Crippen LogP contribution < -0.4 is 0 Å². The maximum atomic E-state index is 2.78. The van der Waals surface area contributed by atoms with E-state index in [0.717, 1.165) is 5.66 Å². The van der Waals surface area contributed by atoms with E-state index in [4.69, 9.17) is 0 Å². The first-order chi connectivity index (χ1) is 7.53. The van der Waals surface area contributed by atoms with Gasteiger partial charge in [-0.2, -0.15) is 0 Å². The summed E-state index contributed by atoms with van der Waals surface area (Å²) >= 11 is 0. The Morgan fingerprint density at radius 1 is 1.12 bits per heavy atom. The maximum absolute atomic E-state index is 2.78. The SMILES string of the molecule is C/C=C/CP(C=P(C)(C)C)C1CCCCC1. The van der Waals surface area contributed by atoms with Gasteiger partial charge in [0.15, 0.2) is 0 Å². The molecule has 0 heterocycles. The molecular weight excluding hydrogens is 230 g/mol. The van der Waals surface area contributed by atoms with Crippen molar-refractivity contribution >= 4 is 20.3 Å². The molecule has 1 rings (SSSR count). The highest BCUT2D eigenvalue weighted by atomic mass is 31.2. The molecule has 1 atom stereocenters. The van der Waals surface area contributed by atoms with Crippen LogP contribution in [0.4, 0.5) is 0 Å². The third kappa shape index (κ3) is 5.70. The van der Waals surface area contributed by atoms with Crippen molar-refractivity contribution in [3.8, 4) is 0 Å². The molecule has 0 radical (unpaired) electrons. The van der Waals surface area contributed by atoms with Crippen LogP contribution in [-0.2, 0) is 0 Å². The van der Waals surface area contributed by atoms with Crippen LogP contribution in [-0.4, -0.2) is 37.4 Å². The number of rotatable bonds is 4. The molecule has 1 unspecified atom stereocenters. The Labute approximate surface area is 104 Å². The minimum Gasteiger partial charge on any atom is -0.113 e. The number of allylic oxidation sites excluding steroid dienone is 2. The monoisotopic (exact) mass is 258 g/mol. The molecule has 0 saturated heterocycles. The lowest BCUT2D eigenvalue weighted by Crippen LogP contribution is -2.12. The topological polar surface area (TPSA) is 0 Å². The van der Waals surface area contributed by atoms with Gasteiger partial charge in [-0.25, -0.2) is 0 Å². The first kappa shape index (κ1) is 14.5. The molecular formula is C14H28P2. The summed E-state index contributed by atoms with van der Waals surface area (Å²) in [6.45, 7) is 8.82. The Balaban J connectivity index is 2.69. The zero-order chi connectivity index (χ0) is 12.0. The van der Waals surface area contributed by atoms with Crippen molar-refractivity contribution in [2.75, 3.05) is 26.2 Å². The minimum atomic E-state index is -0.709. The van der Waals surface area contributed by atoms with Crippen LogP contribution in [0.3, 0.4) is 0 Å². The van der Waals surface area contributed by atoms with Crippen molar-refractivity contribution < 1.29 is 0 Å². The zero-order valence-corrected chi connectivity index (χ0v) is 13.2. The van der Waals surface area contributed by atoms with Gasteiger partial charge in [0.05, 0.1) is 0 Å². The molecule has 0 aromatic rings. The molecule has 0 bridgehead atoms. The standard InChI is InChI=1S/C14H28P2/c1-5-6-12-15(13-16(2,3)4)14-10-8-7-9-11-14/h5-6,13-14H,7-12H2,1-4H3/b6-5+. The molecule has 2 heteroatoms. The molecule has 1 aliphatic rings. The molecule has 0 spiro atoms. The highest BCUT2D eigenvalue weighted by Crippen LogP contribution is 2.51. The summed E-state index contributed by atoms with van der Waals surface area (Å²) in [6.07, 6.45) is 13.4. The molecule has 94 valence electrons. The van der Waals surface area contributed by atoms with Gasteiger partial charge in [-0.15, -0.1) is 6.89 Å². The Morgan fingerprint density at radius 2 is 1.75 bits per heavy atom. The van der Waals surface area contributed by atoms with Crippen molar-refractivity contribution in [1.82, 2.24) is 0 Å². The van der Waals surface area contributed by atoms with Crippen LogP contribution in [0.2, 0.25) is 0 Å². The summed E-state index contributed by atoms with van der Waals surface area (Å²) < 4.78 is 0. The average molecular weight is 258 g/mol. The van der Waals surface area contributed by atoms with Crippen molar-refractivity contribution in [3.05, 3.63) is 12.2 Å². The molecule has 0 aromatic carbocycles. The molecule has 0 N–H and O–H groups in total. The van der Waals surface area contributed by atoms with Gasteiger partial charge in [0.25, 0.3) is 0 Å². The third-order valence-electron chi connectivity index (χ3n) is 3.09. The summed E-state index contributed by atoms with van der Waals surface area (Å²) in [5.74, 6) is 0.